The van der Waals surface area contributed by atoms with Crippen LogP contribution in [0.1, 0.15) is 0 Å². The molecule has 0 spiro atoms. The van der Waals surface area contributed by atoms with Gasteiger partial charge in [0.25, 0.3) is 0 Å². The van der Waals surface area contributed by atoms with Crippen molar-refractivity contribution < 1.29 is 9.47 Å². The number of ether oxygens (including phenoxy) is 2. The third kappa shape index (κ3) is 2.73. The standard InChI is InChI=1S/C20H13NO2S.ClH/c1-2-15(10-21-7-1)17-11-24-20-9-14(3-5-16(17)20)13-4-6-18-19(8-13)23-12-22-18;/h1-11H,12H2;1H. The molecule has 0 radical (unpaired) electrons. The molecule has 5 heteroatoms. The highest BCUT2D eigenvalue weighted by Crippen LogP contribution is 2.39. The Morgan fingerprint density at radius 2 is 1.72 bits per heavy atom. The van der Waals surface area contributed by atoms with Gasteiger partial charge in [-0.15, -0.1) is 23.7 Å². The predicted octanol–water partition coefficient (Wildman–Crippen LogP) is 5.78. The summed E-state index contributed by atoms with van der Waals surface area (Å²) in [5.41, 5.74) is 4.71. The zero-order valence-electron chi connectivity index (χ0n) is 13.1. The summed E-state index contributed by atoms with van der Waals surface area (Å²) in [5, 5.41) is 3.46. The fourth-order valence-electron chi connectivity index (χ4n) is 3.03. The summed E-state index contributed by atoms with van der Waals surface area (Å²) >= 11 is 1.76. The quantitative estimate of drug-likeness (QED) is 0.450. The van der Waals surface area contributed by atoms with E-state index in [1.54, 1.807) is 17.5 Å². The molecule has 0 N–H and O–H groups in total. The molecule has 0 aliphatic carbocycles. The number of benzene rings is 2. The van der Waals surface area contributed by atoms with E-state index in [9.17, 15) is 0 Å². The summed E-state index contributed by atoms with van der Waals surface area (Å²) in [6, 6.07) is 16.7. The van der Waals surface area contributed by atoms with Crippen molar-refractivity contribution in [3.63, 3.8) is 0 Å². The van der Waals surface area contributed by atoms with Gasteiger partial charge in [0.2, 0.25) is 6.79 Å². The van der Waals surface area contributed by atoms with Crippen LogP contribution in [0, 0.1) is 0 Å². The fraction of sp³-hybridized carbons (Fsp3) is 0.0500. The summed E-state index contributed by atoms with van der Waals surface area (Å²) in [6.07, 6.45) is 3.71. The van der Waals surface area contributed by atoms with Crippen LogP contribution in [0.4, 0.5) is 0 Å². The second-order valence-electron chi connectivity index (χ2n) is 5.67. The van der Waals surface area contributed by atoms with Gasteiger partial charge in [-0.3, -0.25) is 4.98 Å². The van der Waals surface area contributed by atoms with Crippen LogP contribution in [0.25, 0.3) is 32.3 Å². The van der Waals surface area contributed by atoms with E-state index in [1.165, 1.54) is 21.2 Å². The van der Waals surface area contributed by atoms with Gasteiger partial charge in [-0.25, -0.2) is 0 Å². The van der Waals surface area contributed by atoms with Crippen LogP contribution in [0.5, 0.6) is 11.5 Å². The minimum atomic E-state index is 0. The van der Waals surface area contributed by atoms with Crippen molar-refractivity contribution in [1.29, 1.82) is 0 Å². The van der Waals surface area contributed by atoms with Crippen molar-refractivity contribution >= 4 is 33.8 Å². The molecular formula is C20H14ClNO2S. The summed E-state index contributed by atoms with van der Waals surface area (Å²) in [6.45, 7) is 0.303. The molecule has 0 saturated heterocycles. The molecule has 4 aromatic rings. The number of hydrogen-bond acceptors (Lipinski definition) is 4. The Hall–Kier alpha value is -2.56. The van der Waals surface area contributed by atoms with Gasteiger partial charge in [-0.1, -0.05) is 24.3 Å². The zero-order chi connectivity index (χ0) is 15.9. The number of hydrogen-bond donors (Lipinski definition) is 0. The Bertz CT molecular complexity index is 1050. The fourth-order valence-corrected chi connectivity index (χ4v) is 4.04. The smallest absolute Gasteiger partial charge is 0.231 e. The molecular weight excluding hydrogens is 354 g/mol. The van der Waals surface area contributed by atoms with E-state index in [0.29, 0.717) is 6.79 Å². The summed E-state index contributed by atoms with van der Waals surface area (Å²) in [4.78, 5) is 4.22. The van der Waals surface area contributed by atoms with E-state index in [0.717, 1.165) is 22.6 Å². The number of pyridine rings is 1. The lowest BCUT2D eigenvalue weighted by Crippen LogP contribution is -1.92. The Balaban J connectivity index is 0.00000157. The number of aromatic nitrogens is 1. The average Bonchev–Trinajstić information content (AvgIpc) is 3.28. The van der Waals surface area contributed by atoms with E-state index in [2.05, 4.69) is 40.7 Å². The first-order valence-electron chi connectivity index (χ1n) is 7.70. The second kappa shape index (κ2) is 6.39. The third-order valence-electron chi connectivity index (χ3n) is 4.25. The number of halogens is 1. The molecule has 1 aliphatic rings. The number of nitrogens with zero attached hydrogens (tertiary/aromatic N) is 1. The van der Waals surface area contributed by atoms with Crippen molar-refractivity contribution in [1.82, 2.24) is 4.98 Å². The lowest BCUT2D eigenvalue weighted by atomic mass is 10.0. The van der Waals surface area contributed by atoms with E-state index >= 15 is 0 Å². The highest BCUT2D eigenvalue weighted by Gasteiger charge is 2.14. The van der Waals surface area contributed by atoms with Gasteiger partial charge in [-0.2, -0.15) is 0 Å². The molecule has 0 bridgehead atoms. The Labute approximate surface area is 155 Å². The molecule has 3 heterocycles. The molecule has 5 rings (SSSR count). The van der Waals surface area contributed by atoms with E-state index in [1.807, 2.05) is 24.4 Å². The highest BCUT2D eigenvalue weighted by atomic mass is 35.5. The van der Waals surface area contributed by atoms with Crippen molar-refractivity contribution in [3.8, 4) is 33.8 Å². The van der Waals surface area contributed by atoms with E-state index in [-0.39, 0.29) is 12.4 Å². The maximum Gasteiger partial charge on any atom is 0.231 e. The molecule has 124 valence electrons. The van der Waals surface area contributed by atoms with Crippen molar-refractivity contribution in [2.75, 3.05) is 6.79 Å². The molecule has 2 aromatic heterocycles. The number of rotatable bonds is 2. The maximum atomic E-state index is 5.48. The van der Waals surface area contributed by atoms with E-state index < -0.39 is 0 Å². The van der Waals surface area contributed by atoms with Crippen LogP contribution in [0.15, 0.2) is 66.3 Å². The molecule has 0 atom stereocenters. The molecule has 25 heavy (non-hydrogen) atoms. The largest absolute Gasteiger partial charge is 0.454 e. The van der Waals surface area contributed by atoms with Crippen LogP contribution in [-0.4, -0.2) is 11.8 Å². The molecule has 1 aliphatic heterocycles. The maximum absolute atomic E-state index is 5.48. The van der Waals surface area contributed by atoms with Gasteiger partial charge in [0.15, 0.2) is 11.5 Å². The molecule has 2 aromatic carbocycles. The predicted molar refractivity (Wildman–Crippen MR) is 104 cm³/mol. The molecule has 0 amide bonds. The normalized spacial score (nSPS) is 12.2. The lowest BCUT2D eigenvalue weighted by Gasteiger charge is -2.05. The summed E-state index contributed by atoms with van der Waals surface area (Å²) in [7, 11) is 0. The topological polar surface area (TPSA) is 31.4 Å². The minimum absolute atomic E-state index is 0. The molecule has 0 saturated carbocycles. The van der Waals surface area contributed by atoms with Gasteiger partial charge in [-0.05, 0) is 40.8 Å². The lowest BCUT2D eigenvalue weighted by molar-refractivity contribution is 0.174. The zero-order valence-corrected chi connectivity index (χ0v) is 14.8. The Morgan fingerprint density at radius 3 is 2.60 bits per heavy atom. The average molecular weight is 368 g/mol. The van der Waals surface area contributed by atoms with Crippen molar-refractivity contribution in [2.24, 2.45) is 0 Å². The Kier molecular flexibility index (Phi) is 4.07. The first-order valence-corrected chi connectivity index (χ1v) is 8.58. The van der Waals surface area contributed by atoms with Crippen LogP contribution >= 0.6 is 23.7 Å². The SMILES string of the molecule is Cl.c1cncc(-c2csc3cc(-c4ccc5c(c4)OCO5)ccc23)c1. The summed E-state index contributed by atoms with van der Waals surface area (Å²) < 4.78 is 12.1. The van der Waals surface area contributed by atoms with Crippen LogP contribution in [-0.2, 0) is 0 Å². The highest BCUT2D eigenvalue weighted by molar-refractivity contribution is 7.17. The van der Waals surface area contributed by atoms with Crippen LogP contribution < -0.4 is 9.47 Å². The van der Waals surface area contributed by atoms with Gasteiger partial charge in [0.05, 0.1) is 0 Å². The van der Waals surface area contributed by atoms with E-state index in [4.69, 9.17) is 9.47 Å². The number of thiophene rings is 1. The van der Waals surface area contributed by atoms with Crippen molar-refractivity contribution in [3.05, 3.63) is 66.3 Å². The van der Waals surface area contributed by atoms with Crippen molar-refractivity contribution in [2.45, 2.75) is 0 Å². The summed E-state index contributed by atoms with van der Waals surface area (Å²) in [5.74, 6) is 1.63. The van der Waals surface area contributed by atoms with Crippen LogP contribution in [0.2, 0.25) is 0 Å². The van der Waals surface area contributed by atoms with Gasteiger partial charge < -0.3 is 9.47 Å². The Morgan fingerprint density at radius 1 is 0.880 bits per heavy atom. The molecule has 0 unspecified atom stereocenters. The van der Waals surface area contributed by atoms with Gasteiger partial charge in [0, 0.05) is 33.6 Å². The second-order valence-corrected chi connectivity index (χ2v) is 6.58. The van der Waals surface area contributed by atoms with Crippen LogP contribution in [0.3, 0.4) is 0 Å². The van der Waals surface area contributed by atoms with Gasteiger partial charge >= 0.3 is 0 Å². The molecule has 0 fully saturated rings. The number of fused-ring (bicyclic) bond motifs is 2. The minimum Gasteiger partial charge on any atom is -0.454 e. The first kappa shape index (κ1) is 15.9. The molecule has 3 nitrogen and oxygen atoms in total. The van der Waals surface area contributed by atoms with Gasteiger partial charge in [0.1, 0.15) is 0 Å². The first-order chi connectivity index (χ1) is 11.9. The third-order valence-corrected chi connectivity index (χ3v) is 5.20. The monoisotopic (exact) mass is 367 g/mol.